The molecule has 4 heteroatoms. The maximum atomic E-state index is 6.30. The number of nitrogens with zero attached hydrogens (tertiary/aromatic N) is 1. The van der Waals surface area contributed by atoms with E-state index in [1.54, 1.807) is 0 Å². The van der Waals surface area contributed by atoms with E-state index in [-0.39, 0.29) is 11.6 Å². The molecule has 0 saturated heterocycles. The van der Waals surface area contributed by atoms with Crippen LogP contribution in [0.1, 0.15) is 38.8 Å². The molecule has 0 spiro atoms. The molecule has 0 aliphatic carbocycles. The minimum atomic E-state index is 0.0929. The summed E-state index contributed by atoms with van der Waals surface area (Å²) in [5, 5.41) is 0.771. The van der Waals surface area contributed by atoms with Crippen LogP contribution in [0.5, 0.6) is 0 Å². The number of hydrogen-bond donors (Lipinski definition) is 1. The van der Waals surface area contributed by atoms with Gasteiger partial charge in [0.05, 0.1) is 0 Å². The van der Waals surface area contributed by atoms with Gasteiger partial charge in [0.15, 0.2) is 0 Å². The van der Waals surface area contributed by atoms with Gasteiger partial charge in [0.25, 0.3) is 0 Å². The molecule has 0 bridgehead atoms. The Hall–Kier alpha value is -0.0900. The first-order valence-electron chi connectivity index (χ1n) is 6.21. The van der Waals surface area contributed by atoms with E-state index in [0.717, 1.165) is 21.5 Å². The largest absolute Gasteiger partial charge is 0.329 e. The zero-order chi connectivity index (χ0) is 13.9. The quantitative estimate of drug-likeness (QED) is 0.874. The predicted molar refractivity (Wildman–Crippen MR) is 83.1 cm³/mol. The molecule has 1 aromatic rings. The van der Waals surface area contributed by atoms with Crippen molar-refractivity contribution in [2.24, 2.45) is 5.73 Å². The lowest BCUT2D eigenvalue weighted by atomic mass is 9.95. The Kier molecular flexibility index (Phi) is 5.66. The molecular formula is C14H22BrClN2. The van der Waals surface area contributed by atoms with Crippen LogP contribution >= 0.6 is 27.5 Å². The van der Waals surface area contributed by atoms with Crippen LogP contribution in [0.2, 0.25) is 5.02 Å². The number of halogens is 2. The summed E-state index contributed by atoms with van der Waals surface area (Å²) in [5.41, 5.74) is 7.13. The van der Waals surface area contributed by atoms with Gasteiger partial charge < -0.3 is 5.73 Å². The molecular weight excluding hydrogens is 312 g/mol. The summed E-state index contributed by atoms with van der Waals surface area (Å²) in [6, 6.07) is 6.05. The van der Waals surface area contributed by atoms with Crippen molar-refractivity contribution in [2.45, 2.75) is 38.8 Å². The summed E-state index contributed by atoms with van der Waals surface area (Å²) < 4.78 is 1.03. The van der Waals surface area contributed by atoms with Gasteiger partial charge in [0.2, 0.25) is 0 Å². The van der Waals surface area contributed by atoms with E-state index >= 15 is 0 Å². The summed E-state index contributed by atoms with van der Waals surface area (Å²) in [6.45, 7) is 7.19. The first-order chi connectivity index (χ1) is 8.33. The Morgan fingerprint density at radius 1 is 1.44 bits per heavy atom. The normalized spacial score (nSPS) is 14.0. The number of nitrogens with two attached hydrogens (primary N) is 1. The first kappa shape index (κ1) is 16.0. The van der Waals surface area contributed by atoms with Crippen molar-refractivity contribution >= 4 is 27.5 Å². The maximum Gasteiger partial charge on any atom is 0.0487 e. The maximum absolute atomic E-state index is 6.30. The lowest BCUT2D eigenvalue weighted by Gasteiger charge is -2.41. The number of likely N-dealkylation sites (N-methyl/N-ethyl adjacent to an activating group) is 1. The molecule has 0 radical (unpaired) electrons. The van der Waals surface area contributed by atoms with Gasteiger partial charge in [-0.1, -0.05) is 34.5 Å². The zero-order valence-electron chi connectivity index (χ0n) is 11.5. The fraction of sp³-hybridized carbons (Fsp3) is 0.571. The van der Waals surface area contributed by atoms with E-state index in [1.807, 2.05) is 12.1 Å². The fourth-order valence-corrected chi connectivity index (χ4v) is 2.56. The summed E-state index contributed by atoms with van der Waals surface area (Å²) in [5.74, 6) is 0. The summed E-state index contributed by atoms with van der Waals surface area (Å²) in [4.78, 5) is 2.31. The van der Waals surface area contributed by atoms with Gasteiger partial charge in [-0.15, -0.1) is 0 Å². The van der Waals surface area contributed by atoms with E-state index < -0.39 is 0 Å². The lowest BCUT2D eigenvalue weighted by molar-refractivity contribution is 0.100. The van der Waals surface area contributed by atoms with Crippen LogP contribution in [0, 0.1) is 0 Å². The molecule has 0 aromatic heterocycles. The van der Waals surface area contributed by atoms with E-state index in [9.17, 15) is 0 Å². The second kappa shape index (κ2) is 6.38. The highest BCUT2D eigenvalue weighted by Crippen LogP contribution is 2.33. The predicted octanol–water partition coefficient (Wildman–Crippen LogP) is 4.22. The van der Waals surface area contributed by atoms with Gasteiger partial charge in [0.1, 0.15) is 0 Å². The Morgan fingerprint density at radius 2 is 2.06 bits per heavy atom. The van der Waals surface area contributed by atoms with Crippen molar-refractivity contribution in [1.29, 1.82) is 0 Å². The van der Waals surface area contributed by atoms with Crippen LogP contribution in [0.15, 0.2) is 22.7 Å². The van der Waals surface area contributed by atoms with Crippen molar-refractivity contribution in [3.05, 3.63) is 33.3 Å². The standard InChI is InChI=1S/C14H22BrClN2/c1-5-14(2,3)18(4)13(9-17)11-8-10(15)6-7-12(11)16/h6-8,13H,5,9,17H2,1-4H3. The molecule has 2 N–H and O–H groups in total. The Bertz CT molecular complexity index is 407. The highest BCUT2D eigenvalue weighted by Gasteiger charge is 2.29. The van der Waals surface area contributed by atoms with Gasteiger partial charge >= 0.3 is 0 Å². The minimum Gasteiger partial charge on any atom is -0.329 e. The molecule has 0 aliphatic heterocycles. The molecule has 2 nitrogen and oxygen atoms in total. The molecule has 1 aromatic carbocycles. The summed E-state index contributed by atoms with van der Waals surface area (Å²) in [7, 11) is 2.11. The Balaban J connectivity index is 3.13. The number of benzene rings is 1. The van der Waals surface area contributed by atoms with Crippen LogP contribution in [0.25, 0.3) is 0 Å². The smallest absolute Gasteiger partial charge is 0.0487 e. The zero-order valence-corrected chi connectivity index (χ0v) is 13.8. The van der Waals surface area contributed by atoms with Gasteiger partial charge in [-0.25, -0.2) is 0 Å². The molecule has 0 aliphatic rings. The highest BCUT2D eigenvalue weighted by atomic mass is 79.9. The molecule has 0 amide bonds. The third kappa shape index (κ3) is 3.47. The molecule has 0 fully saturated rings. The second-order valence-electron chi connectivity index (χ2n) is 5.19. The van der Waals surface area contributed by atoms with E-state index in [2.05, 4.69) is 54.7 Å². The summed E-state index contributed by atoms with van der Waals surface area (Å²) in [6.07, 6.45) is 1.06. The average molecular weight is 334 g/mol. The molecule has 0 heterocycles. The topological polar surface area (TPSA) is 29.3 Å². The third-order valence-electron chi connectivity index (χ3n) is 3.83. The van der Waals surface area contributed by atoms with Gasteiger partial charge in [-0.2, -0.15) is 0 Å². The molecule has 18 heavy (non-hydrogen) atoms. The van der Waals surface area contributed by atoms with E-state index in [4.69, 9.17) is 17.3 Å². The second-order valence-corrected chi connectivity index (χ2v) is 6.52. The molecule has 102 valence electrons. The van der Waals surface area contributed by atoms with Crippen LogP contribution in [-0.4, -0.2) is 24.0 Å². The van der Waals surface area contributed by atoms with Crippen molar-refractivity contribution < 1.29 is 0 Å². The summed E-state index contributed by atoms with van der Waals surface area (Å²) >= 11 is 9.80. The van der Waals surface area contributed by atoms with Crippen molar-refractivity contribution in [1.82, 2.24) is 4.90 Å². The van der Waals surface area contributed by atoms with Crippen LogP contribution < -0.4 is 5.73 Å². The lowest BCUT2D eigenvalue weighted by Crippen LogP contribution is -2.45. The third-order valence-corrected chi connectivity index (χ3v) is 4.67. The fourth-order valence-electron chi connectivity index (χ4n) is 1.93. The highest BCUT2D eigenvalue weighted by molar-refractivity contribution is 9.10. The average Bonchev–Trinajstić information content (AvgIpc) is 2.34. The van der Waals surface area contributed by atoms with Crippen LogP contribution in [0.4, 0.5) is 0 Å². The molecule has 0 saturated carbocycles. The van der Waals surface area contributed by atoms with Gasteiger partial charge in [-0.3, -0.25) is 4.90 Å². The Morgan fingerprint density at radius 3 is 2.56 bits per heavy atom. The molecule has 1 atom stereocenters. The van der Waals surface area contributed by atoms with E-state index in [1.165, 1.54) is 0 Å². The minimum absolute atomic E-state index is 0.0929. The van der Waals surface area contributed by atoms with Gasteiger partial charge in [0, 0.05) is 27.6 Å². The van der Waals surface area contributed by atoms with Gasteiger partial charge in [-0.05, 0) is 51.1 Å². The number of hydrogen-bond acceptors (Lipinski definition) is 2. The van der Waals surface area contributed by atoms with E-state index in [0.29, 0.717) is 6.54 Å². The van der Waals surface area contributed by atoms with Crippen molar-refractivity contribution in [2.75, 3.05) is 13.6 Å². The first-order valence-corrected chi connectivity index (χ1v) is 7.38. The SMILES string of the molecule is CCC(C)(C)N(C)C(CN)c1cc(Br)ccc1Cl. The van der Waals surface area contributed by atoms with Crippen molar-refractivity contribution in [3.63, 3.8) is 0 Å². The number of rotatable bonds is 5. The van der Waals surface area contributed by atoms with Crippen molar-refractivity contribution in [3.8, 4) is 0 Å². The Labute approximate surface area is 124 Å². The molecule has 1 unspecified atom stereocenters. The monoisotopic (exact) mass is 332 g/mol. The van der Waals surface area contributed by atoms with Crippen LogP contribution in [0.3, 0.4) is 0 Å². The molecule has 1 rings (SSSR count). The van der Waals surface area contributed by atoms with Crippen LogP contribution in [-0.2, 0) is 0 Å².